The Morgan fingerprint density at radius 2 is 2.17 bits per heavy atom. The van der Waals surface area contributed by atoms with Gasteiger partial charge in [0.25, 0.3) is 0 Å². The molecule has 1 aromatic heterocycles. The monoisotopic (exact) mass is 336 g/mol. The number of aliphatic hydroxyl groups excluding tert-OH is 1. The first-order valence-corrected chi connectivity index (χ1v) is 7.92. The van der Waals surface area contributed by atoms with Crippen LogP contribution in [-0.2, 0) is 0 Å². The molecule has 2 amide bonds. The van der Waals surface area contributed by atoms with Gasteiger partial charge in [-0.15, -0.1) is 5.10 Å². The lowest BCUT2D eigenvalue weighted by Gasteiger charge is -2.20. The molecule has 2 rings (SSSR count). The molecule has 2 aromatic rings. The van der Waals surface area contributed by atoms with Gasteiger partial charge in [0, 0.05) is 29.9 Å². The number of amides is 2. The van der Waals surface area contributed by atoms with Crippen LogP contribution in [0.1, 0.15) is 19.0 Å². The fraction of sp³-hybridized carbons (Fsp3) is 0.375. The highest BCUT2D eigenvalue weighted by Gasteiger charge is 2.14. The van der Waals surface area contributed by atoms with Gasteiger partial charge in [-0.05, 0) is 31.5 Å². The number of carbonyl (C=O) groups is 1. The second kappa shape index (κ2) is 7.99. The van der Waals surface area contributed by atoms with Crippen LogP contribution >= 0.6 is 11.6 Å². The Morgan fingerprint density at radius 1 is 1.39 bits per heavy atom. The van der Waals surface area contributed by atoms with Crippen LogP contribution < -0.4 is 5.32 Å². The standard InChI is InChI=1S/C16H21ClN4O2/c1-3-7-20(8-9-22)16(23)18-15-10-12(2)21(19-15)14-6-4-5-13(17)11-14/h4-6,10-11,22H,3,7-9H2,1-2H3,(H,18,19,23). The molecule has 124 valence electrons. The Balaban J connectivity index is 2.16. The SMILES string of the molecule is CCCN(CCO)C(=O)Nc1cc(C)n(-c2cccc(Cl)c2)n1. The molecule has 23 heavy (non-hydrogen) atoms. The Kier molecular flexibility index (Phi) is 6.01. The Morgan fingerprint density at radius 3 is 2.83 bits per heavy atom. The molecule has 1 heterocycles. The minimum atomic E-state index is -0.267. The molecule has 0 atom stereocenters. The Labute approximate surface area is 140 Å². The molecule has 1 aromatic carbocycles. The van der Waals surface area contributed by atoms with E-state index < -0.39 is 0 Å². The summed E-state index contributed by atoms with van der Waals surface area (Å²) in [4.78, 5) is 13.8. The minimum absolute atomic E-state index is 0.0661. The van der Waals surface area contributed by atoms with Crippen LogP contribution in [0.15, 0.2) is 30.3 Å². The first-order chi connectivity index (χ1) is 11.0. The average Bonchev–Trinajstić information content (AvgIpc) is 2.87. The summed E-state index contributed by atoms with van der Waals surface area (Å²) < 4.78 is 1.72. The van der Waals surface area contributed by atoms with Gasteiger partial charge in [0.2, 0.25) is 0 Å². The van der Waals surface area contributed by atoms with Crippen molar-refractivity contribution in [2.75, 3.05) is 25.0 Å². The van der Waals surface area contributed by atoms with E-state index in [-0.39, 0.29) is 12.6 Å². The number of anilines is 1. The molecule has 2 N–H and O–H groups in total. The highest BCUT2D eigenvalue weighted by Crippen LogP contribution is 2.18. The van der Waals surface area contributed by atoms with E-state index in [2.05, 4.69) is 10.4 Å². The summed E-state index contributed by atoms with van der Waals surface area (Å²) in [6.45, 7) is 4.70. The van der Waals surface area contributed by atoms with Gasteiger partial charge in [0.15, 0.2) is 5.82 Å². The Bertz CT molecular complexity index is 666. The first kappa shape index (κ1) is 17.3. The van der Waals surface area contributed by atoms with E-state index in [1.807, 2.05) is 32.0 Å². The van der Waals surface area contributed by atoms with Crippen LogP contribution in [0.5, 0.6) is 0 Å². The van der Waals surface area contributed by atoms with Gasteiger partial charge in [0.05, 0.1) is 12.3 Å². The lowest BCUT2D eigenvalue weighted by atomic mass is 10.3. The van der Waals surface area contributed by atoms with Gasteiger partial charge in [-0.1, -0.05) is 24.6 Å². The molecule has 0 saturated carbocycles. The molecule has 0 aliphatic carbocycles. The fourth-order valence-electron chi connectivity index (χ4n) is 2.30. The van der Waals surface area contributed by atoms with Gasteiger partial charge in [-0.25, -0.2) is 9.48 Å². The van der Waals surface area contributed by atoms with Gasteiger partial charge < -0.3 is 10.0 Å². The molecule has 0 fully saturated rings. The topological polar surface area (TPSA) is 70.4 Å². The predicted molar refractivity (Wildman–Crippen MR) is 91.3 cm³/mol. The van der Waals surface area contributed by atoms with Crippen molar-refractivity contribution in [2.24, 2.45) is 0 Å². The van der Waals surface area contributed by atoms with Crippen molar-refractivity contribution in [1.29, 1.82) is 0 Å². The van der Waals surface area contributed by atoms with Crippen molar-refractivity contribution in [1.82, 2.24) is 14.7 Å². The number of rotatable bonds is 6. The van der Waals surface area contributed by atoms with Crippen LogP contribution in [0.25, 0.3) is 5.69 Å². The van der Waals surface area contributed by atoms with Gasteiger partial charge >= 0.3 is 6.03 Å². The second-order valence-corrected chi connectivity index (χ2v) is 5.64. The lowest BCUT2D eigenvalue weighted by Crippen LogP contribution is -2.37. The van der Waals surface area contributed by atoms with E-state index >= 15 is 0 Å². The molecule has 0 spiro atoms. The summed E-state index contributed by atoms with van der Waals surface area (Å²) in [5.74, 6) is 0.464. The maximum absolute atomic E-state index is 12.2. The van der Waals surface area contributed by atoms with Crippen LogP contribution in [0, 0.1) is 6.92 Å². The number of aromatic nitrogens is 2. The zero-order valence-electron chi connectivity index (χ0n) is 13.3. The number of nitrogens with one attached hydrogen (secondary N) is 1. The third kappa shape index (κ3) is 4.46. The van der Waals surface area contributed by atoms with Gasteiger partial charge in [-0.3, -0.25) is 5.32 Å². The molecule has 6 nitrogen and oxygen atoms in total. The normalized spacial score (nSPS) is 10.6. The summed E-state index contributed by atoms with van der Waals surface area (Å²) in [6, 6.07) is 8.87. The number of hydrogen-bond donors (Lipinski definition) is 2. The van der Waals surface area contributed by atoms with Crippen molar-refractivity contribution in [2.45, 2.75) is 20.3 Å². The quantitative estimate of drug-likeness (QED) is 0.851. The number of hydrogen-bond acceptors (Lipinski definition) is 3. The van der Waals surface area contributed by atoms with Crippen molar-refractivity contribution < 1.29 is 9.90 Å². The number of aliphatic hydroxyl groups is 1. The fourth-order valence-corrected chi connectivity index (χ4v) is 2.48. The highest BCUT2D eigenvalue weighted by molar-refractivity contribution is 6.30. The molecule has 0 saturated heterocycles. The first-order valence-electron chi connectivity index (χ1n) is 7.54. The number of benzene rings is 1. The molecule has 0 radical (unpaired) electrons. The summed E-state index contributed by atoms with van der Waals surface area (Å²) in [6.07, 6.45) is 0.823. The van der Waals surface area contributed by atoms with E-state index in [1.165, 1.54) is 0 Å². The molecule has 0 aliphatic heterocycles. The molecule has 7 heteroatoms. The van der Waals surface area contributed by atoms with E-state index in [4.69, 9.17) is 16.7 Å². The number of carbonyl (C=O) groups excluding carboxylic acids is 1. The largest absolute Gasteiger partial charge is 0.395 e. The molecular formula is C16H21ClN4O2. The summed E-state index contributed by atoms with van der Waals surface area (Å²) in [5, 5.41) is 16.8. The lowest BCUT2D eigenvalue weighted by molar-refractivity contribution is 0.188. The van der Waals surface area contributed by atoms with E-state index in [0.717, 1.165) is 17.8 Å². The van der Waals surface area contributed by atoms with E-state index in [9.17, 15) is 4.79 Å². The van der Waals surface area contributed by atoms with Crippen molar-refractivity contribution in [3.8, 4) is 5.69 Å². The molecule has 0 aliphatic rings. The number of halogens is 1. The number of urea groups is 1. The highest BCUT2D eigenvalue weighted by atomic mass is 35.5. The second-order valence-electron chi connectivity index (χ2n) is 5.20. The van der Waals surface area contributed by atoms with Crippen molar-refractivity contribution >= 4 is 23.4 Å². The minimum Gasteiger partial charge on any atom is -0.395 e. The van der Waals surface area contributed by atoms with Crippen LogP contribution in [0.2, 0.25) is 5.02 Å². The molecular weight excluding hydrogens is 316 g/mol. The molecule has 0 bridgehead atoms. The Hall–Kier alpha value is -2.05. The number of nitrogens with zero attached hydrogens (tertiary/aromatic N) is 3. The van der Waals surface area contributed by atoms with Gasteiger partial charge in [-0.2, -0.15) is 0 Å². The van der Waals surface area contributed by atoms with Gasteiger partial charge in [0.1, 0.15) is 0 Å². The van der Waals surface area contributed by atoms with Crippen LogP contribution in [0.3, 0.4) is 0 Å². The van der Waals surface area contributed by atoms with Crippen LogP contribution in [0.4, 0.5) is 10.6 Å². The number of aryl methyl sites for hydroxylation is 1. The summed E-state index contributed by atoms with van der Waals surface area (Å²) in [5.41, 5.74) is 1.71. The maximum atomic E-state index is 12.2. The van der Waals surface area contributed by atoms with E-state index in [1.54, 1.807) is 21.7 Å². The van der Waals surface area contributed by atoms with Crippen LogP contribution in [-0.4, -0.2) is 45.5 Å². The third-order valence-electron chi connectivity index (χ3n) is 3.33. The predicted octanol–water partition coefficient (Wildman–Crippen LogP) is 3.07. The average molecular weight is 337 g/mol. The zero-order valence-corrected chi connectivity index (χ0v) is 14.0. The zero-order chi connectivity index (χ0) is 16.8. The van der Waals surface area contributed by atoms with Crippen molar-refractivity contribution in [3.63, 3.8) is 0 Å². The molecule has 0 unspecified atom stereocenters. The maximum Gasteiger partial charge on any atom is 0.323 e. The summed E-state index contributed by atoms with van der Waals surface area (Å²) >= 11 is 6.01. The third-order valence-corrected chi connectivity index (χ3v) is 3.56. The van der Waals surface area contributed by atoms with E-state index in [0.29, 0.717) is 23.9 Å². The summed E-state index contributed by atoms with van der Waals surface area (Å²) in [7, 11) is 0. The smallest absolute Gasteiger partial charge is 0.323 e. The van der Waals surface area contributed by atoms with Crippen molar-refractivity contribution in [3.05, 3.63) is 41.0 Å².